The summed E-state index contributed by atoms with van der Waals surface area (Å²) in [5.41, 5.74) is 3.91. The number of rotatable bonds is 13. The van der Waals surface area contributed by atoms with Crippen LogP contribution >= 0.6 is 0 Å². The molecule has 2 aliphatic rings. The van der Waals surface area contributed by atoms with Crippen molar-refractivity contribution in [2.75, 3.05) is 37.0 Å². The van der Waals surface area contributed by atoms with E-state index in [2.05, 4.69) is 22.0 Å². The fraction of sp³-hybridized carbons (Fsp3) is 0.394. The lowest BCUT2D eigenvalue weighted by atomic mass is 9.99. The third-order valence-electron chi connectivity index (χ3n) is 8.05. The maximum atomic E-state index is 13.7. The zero-order chi connectivity index (χ0) is 28.8. The Bertz CT molecular complexity index is 1360. The lowest BCUT2D eigenvalue weighted by molar-refractivity contribution is -0.117. The zero-order valence-corrected chi connectivity index (χ0v) is 23.9. The van der Waals surface area contributed by atoms with Crippen LogP contribution in [-0.2, 0) is 16.8 Å². The van der Waals surface area contributed by atoms with E-state index in [1.54, 1.807) is 24.1 Å². The molecule has 1 heterocycles. The number of aliphatic hydroxyl groups excluding tert-OH is 1. The number of ether oxygens (including phenoxy) is 1. The first-order valence-corrected chi connectivity index (χ1v) is 14.5. The van der Waals surface area contributed by atoms with Crippen LogP contribution in [0.15, 0.2) is 72.8 Å². The largest absolute Gasteiger partial charge is 0.497 e. The normalized spacial score (nSPS) is 17.1. The minimum absolute atomic E-state index is 0.0681. The molecular formula is C33H40N4O4. The topological polar surface area (TPSA) is 103 Å². The van der Waals surface area contributed by atoms with E-state index < -0.39 is 12.1 Å². The number of nitrogens with one attached hydrogen (secondary N) is 3. The van der Waals surface area contributed by atoms with Crippen molar-refractivity contribution < 1.29 is 19.4 Å². The maximum Gasteiger partial charge on any atom is 0.251 e. The summed E-state index contributed by atoms with van der Waals surface area (Å²) in [6, 6.07) is 22.9. The number of amides is 2. The molecule has 2 amide bonds. The number of nitrogens with zero attached hydrogens (tertiary/aromatic N) is 1. The molecule has 216 valence electrons. The quantitative estimate of drug-likeness (QED) is 0.251. The molecule has 0 spiro atoms. The first kappa shape index (κ1) is 28.6. The summed E-state index contributed by atoms with van der Waals surface area (Å²) in [5, 5.41) is 21.4. The highest BCUT2D eigenvalue weighted by molar-refractivity contribution is 6.00. The van der Waals surface area contributed by atoms with E-state index in [0.717, 1.165) is 41.8 Å². The molecule has 2 atom stereocenters. The highest BCUT2D eigenvalue weighted by Gasteiger charge is 2.44. The molecular weight excluding hydrogens is 516 g/mol. The molecule has 2 fully saturated rings. The first-order valence-electron chi connectivity index (χ1n) is 14.5. The molecule has 8 nitrogen and oxygen atoms in total. The molecule has 0 radical (unpaired) electrons. The molecule has 0 aromatic heterocycles. The van der Waals surface area contributed by atoms with Crippen molar-refractivity contribution in [1.82, 2.24) is 10.6 Å². The molecule has 1 aliphatic carbocycles. The fourth-order valence-electron chi connectivity index (χ4n) is 5.58. The molecule has 3 aromatic rings. The van der Waals surface area contributed by atoms with E-state index in [1.807, 2.05) is 61.5 Å². The van der Waals surface area contributed by atoms with Crippen LogP contribution < -0.4 is 25.6 Å². The van der Waals surface area contributed by atoms with Crippen LogP contribution in [0.1, 0.15) is 54.1 Å². The smallest absolute Gasteiger partial charge is 0.251 e. The van der Waals surface area contributed by atoms with Crippen molar-refractivity contribution >= 4 is 23.2 Å². The van der Waals surface area contributed by atoms with E-state index >= 15 is 0 Å². The molecule has 4 N–H and O–H groups in total. The molecule has 1 aliphatic heterocycles. The van der Waals surface area contributed by atoms with Crippen molar-refractivity contribution in [2.24, 2.45) is 0 Å². The second kappa shape index (κ2) is 12.7. The van der Waals surface area contributed by atoms with Gasteiger partial charge in [0.05, 0.1) is 19.3 Å². The van der Waals surface area contributed by atoms with Gasteiger partial charge in [-0.1, -0.05) is 42.5 Å². The highest BCUT2D eigenvalue weighted by Crippen LogP contribution is 2.46. The molecule has 1 saturated carbocycles. The van der Waals surface area contributed by atoms with E-state index in [0.29, 0.717) is 43.7 Å². The van der Waals surface area contributed by atoms with Gasteiger partial charge in [0.2, 0.25) is 5.91 Å². The third kappa shape index (κ3) is 6.89. The Morgan fingerprint density at radius 1 is 1.07 bits per heavy atom. The van der Waals surface area contributed by atoms with Gasteiger partial charge >= 0.3 is 0 Å². The van der Waals surface area contributed by atoms with Gasteiger partial charge in [-0.15, -0.1) is 0 Å². The number of benzene rings is 3. The molecule has 8 heteroatoms. The number of hydrogen-bond donors (Lipinski definition) is 4. The highest BCUT2D eigenvalue weighted by atomic mass is 16.5. The Morgan fingerprint density at radius 2 is 1.88 bits per heavy atom. The predicted molar refractivity (Wildman–Crippen MR) is 162 cm³/mol. The monoisotopic (exact) mass is 556 g/mol. The van der Waals surface area contributed by atoms with Crippen molar-refractivity contribution in [3.05, 3.63) is 89.5 Å². The lowest BCUT2D eigenvalue weighted by Crippen LogP contribution is -2.50. The molecule has 3 aromatic carbocycles. The lowest BCUT2D eigenvalue weighted by Gasteiger charge is -2.28. The molecule has 41 heavy (non-hydrogen) atoms. The predicted octanol–water partition coefficient (Wildman–Crippen LogP) is 4.23. The second-order valence-electron chi connectivity index (χ2n) is 11.0. The Hall–Kier alpha value is -3.88. The average Bonchev–Trinajstić information content (AvgIpc) is 3.67. The summed E-state index contributed by atoms with van der Waals surface area (Å²) >= 11 is 0. The van der Waals surface area contributed by atoms with Gasteiger partial charge in [-0.25, -0.2) is 0 Å². The van der Waals surface area contributed by atoms with Crippen molar-refractivity contribution in [1.29, 1.82) is 0 Å². The van der Waals surface area contributed by atoms with Crippen molar-refractivity contribution in [2.45, 2.75) is 56.7 Å². The van der Waals surface area contributed by atoms with Gasteiger partial charge in [0.25, 0.3) is 5.91 Å². The Morgan fingerprint density at radius 3 is 2.56 bits per heavy atom. The van der Waals surface area contributed by atoms with Gasteiger partial charge in [-0.05, 0) is 74.1 Å². The van der Waals surface area contributed by atoms with E-state index in [9.17, 15) is 14.7 Å². The number of carbonyl (C=O) groups is 2. The van der Waals surface area contributed by atoms with Crippen molar-refractivity contribution in [3.8, 4) is 5.75 Å². The van der Waals surface area contributed by atoms with E-state index in [1.165, 1.54) is 0 Å². The van der Waals surface area contributed by atoms with Crippen LogP contribution in [0.5, 0.6) is 5.75 Å². The van der Waals surface area contributed by atoms with Gasteiger partial charge in [0.1, 0.15) is 5.75 Å². The summed E-state index contributed by atoms with van der Waals surface area (Å²) in [6.07, 6.45) is 2.91. The first-order chi connectivity index (χ1) is 19.9. The number of hydrogen-bond acceptors (Lipinski definition) is 6. The van der Waals surface area contributed by atoms with Crippen molar-refractivity contribution in [3.63, 3.8) is 0 Å². The Kier molecular flexibility index (Phi) is 8.90. The van der Waals surface area contributed by atoms with Gasteiger partial charge in [-0.3, -0.25) is 9.59 Å². The van der Waals surface area contributed by atoms with Crippen LogP contribution in [0.2, 0.25) is 0 Å². The van der Waals surface area contributed by atoms with Crippen LogP contribution in [0.3, 0.4) is 0 Å². The van der Waals surface area contributed by atoms with Crippen LogP contribution in [0.4, 0.5) is 11.4 Å². The van der Waals surface area contributed by atoms with Crippen LogP contribution in [0, 0.1) is 0 Å². The van der Waals surface area contributed by atoms with Gasteiger partial charge in [0.15, 0.2) is 0 Å². The van der Waals surface area contributed by atoms with Crippen LogP contribution in [-0.4, -0.2) is 55.8 Å². The molecule has 5 rings (SSSR count). The number of carbonyl (C=O) groups excluding carboxylic acids is 2. The van der Waals surface area contributed by atoms with Gasteiger partial charge in [0, 0.05) is 48.5 Å². The summed E-state index contributed by atoms with van der Waals surface area (Å²) in [5.74, 6) is 0.588. The summed E-state index contributed by atoms with van der Waals surface area (Å²) in [6.45, 7) is 3.64. The Balaban J connectivity index is 1.34. The fourth-order valence-corrected chi connectivity index (χ4v) is 5.58. The van der Waals surface area contributed by atoms with Crippen LogP contribution in [0.25, 0.3) is 0 Å². The maximum absolute atomic E-state index is 13.7. The second-order valence-corrected chi connectivity index (χ2v) is 11.0. The summed E-state index contributed by atoms with van der Waals surface area (Å²) < 4.78 is 5.41. The average molecular weight is 557 g/mol. The molecule has 0 bridgehead atoms. The number of methoxy groups -OCH3 is 1. The number of anilines is 2. The SMILES string of the molecule is CCNc1cc(C(=O)N[C@@H](Cc2ccccc2)[C@@H](O)CNC2(c3cccc(OC)c3)CC2)cc(N2CCCC2=O)c1. The standard InChI is InChI=1S/C33H40N4O4/c1-3-34-26-18-24(19-27(21-26)37-16-8-13-31(37)39)32(40)36-29(17-23-9-5-4-6-10-23)30(38)22-35-33(14-15-33)25-11-7-12-28(20-25)41-2/h4-7,9-12,18-21,29-30,34-35,38H,3,8,13-17,22H2,1-2H3,(H,36,40)/t29-,30-/m0/s1. The molecule has 0 unspecified atom stereocenters. The number of aliphatic hydroxyl groups is 1. The van der Waals surface area contributed by atoms with Gasteiger partial charge < -0.3 is 30.7 Å². The minimum Gasteiger partial charge on any atom is -0.497 e. The third-order valence-corrected chi connectivity index (χ3v) is 8.05. The summed E-state index contributed by atoms with van der Waals surface area (Å²) in [4.78, 5) is 27.9. The van der Waals surface area contributed by atoms with E-state index in [-0.39, 0.29) is 17.4 Å². The van der Waals surface area contributed by atoms with Gasteiger partial charge in [-0.2, -0.15) is 0 Å². The summed E-state index contributed by atoms with van der Waals surface area (Å²) in [7, 11) is 1.66. The molecule has 1 saturated heterocycles. The Labute approximate surface area is 242 Å². The van der Waals surface area contributed by atoms with E-state index in [4.69, 9.17) is 4.74 Å². The zero-order valence-electron chi connectivity index (χ0n) is 23.9. The minimum atomic E-state index is -0.834.